The average molecular weight is 395 g/mol. The summed E-state index contributed by atoms with van der Waals surface area (Å²) in [6.07, 6.45) is 1.55. The molecular formula is C17H15ClN2O5S. The summed E-state index contributed by atoms with van der Waals surface area (Å²) in [6.45, 7) is 0. The van der Waals surface area contributed by atoms with Crippen LogP contribution in [0.15, 0.2) is 53.6 Å². The van der Waals surface area contributed by atoms with Crippen LogP contribution in [0.25, 0.3) is 16.9 Å². The van der Waals surface area contributed by atoms with E-state index in [1.807, 2.05) is 6.07 Å². The predicted octanol–water partition coefficient (Wildman–Crippen LogP) is 3.46. The van der Waals surface area contributed by atoms with Gasteiger partial charge in [-0.25, -0.2) is 4.68 Å². The van der Waals surface area contributed by atoms with Gasteiger partial charge < -0.3 is 9.47 Å². The van der Waals surface area contributed by atoms with Crippen LogP contribution in [0, 0.1) is 0 Å². The van der Waals surface area contributed by atoms with Gasteiger partial charge in [0.1, 0.15) is 16.4 Å². The number of methoxy groups -OCH3 is 2. The van der Waals surface area contributed by atoms with Crippen molar-refractivity contribution < 1.29 is 22.4 Å². The van der Waals surface area contributed by atoms with E-state index in [2.05, 4.69) is 5.10 Å². The molecule has 0 radical (unpaired) electrons. The van der Waals surface area contributed by atoms with E-state index in [0.29, 0.717) is 27.7 Å². The van der Waals surface area contributed by atoms with E-state index in [1.54, 1.807) is 35.1 Å². The number of aromatic nitrogens is 2. The number of halogens is 1. The highest BCUT2D eigenvalue weighted by Gasteiger charge is 2.23. The second kappa shape index (κ2) is 6.99. The van der Waals surface area contributed by atoms with Crippen LogP contribution >= 0.6 is 11.6 Å². The fraction of sp³-hybridized carbons (Fsp3) is 0.118. The molecule has 1 N–H and O–H groups in total. The van der Waals surface area contributed by atoms with Crippen molar-refractivity contribution in [1.29, 1.82) is 0 Å². The molecule has 0 aliphatic heterocycles. The summed E-state index contributed by atoms with van der Waals surface area (Å²) in [5.41, 5.74) is 1.54. The first-order valence-corrected chi connectivity index (χ1v) is 9.21. The highest BCUT2D eigenvalue weighted by atomic mass is 35.5. The summed E-state index contributed by atoms with van der Waals surface area (Å²) in [5, 5.41) is 4.74. The molecule has 9 heteroatoms. The Kier molecular flexibility index (Phi) is 4.90. The molecule has 0 spiro atoms. The molecule has 0 fully saturated rings. The topological polar surface area (TPSA) is 90.7 Å². The number of ether oxygens (including phenoxy) is 2. The van der Waals surface area contributed by atoms with E-state index in [-0.39, 0.29) is 10.6 Å². The standard InChI is InChI=1S/C17H15ClN2O5S/c1-24-15-10-16(25-2)17(26(21,22)23)9-11(15)13-7-8-19-20(13)14-6-4-3-5-12(14)18/h3-10H,1-2H3,(H,21,22,23). The van der Waals surface area contributed by atoms with Crippen molar-refractivity contribution in [2.75, 3.05) is 14.2 Å². The molecule has 3 rings (SSSR count). The number of para-hydroxylation sites is 1. The third-order valence-electron chi connectivity index (χ3n) is 3.76. The molecule has 26 heavy (non-hydrogen) atoms. The highest BCUT2D eigenvalue weighted by molar-refractivity contribution is 7.86. The largest absolute Gasteiger partial charge is 0.496 e. The van der Waals surface area contributed by atoms with Crippen LogP contribution in [0.3, 0.4) is 0 Å². The summed E-state index contributed by atoms with van der Waals surface area (Å²) in [5.74, 6) is 0.319. The van der Waals surface area contributed by atoms with Gasteiger partial charge in [-0.05, 0) is 24.3 Å². The van der Waals surface area contributed by atoms with Gasteiger partial charge in [0.05, 0.1) is 36.8 Å². The zero-order valence-electron chi connectivity index (χ0n) is 13.9. The first-order valence-electron chi connectivity index (χ1n) is 7.39. The van der Waals surface area contributed by atoms with Crippen LogP contribution in [0.2, 0.25) is 5.02 Å². The zero-order valence-corrected chi connectivity index (χ0v) is 15.5. The molecule has 1 heterocycles. The molecule has 0 saturated heterocycles. The molecule has 0 unspecified atom stereocenters. The lowest BCUT2D eigenvalue weighted by Gasteiger charge is -2.15. The Balaban J connectivity index is 2.29. The molecule has 0 saturated carbocycles. The second-order valence-corrected chi connectivity index (χ2v) is 7.06. The van der Waals surface area contributed by atoms with Crippen LogP contribution in [-0.2, 0) is 10.1 Å². The molecule has 7 nitrogen and oxygen atoms in total. The zero-order chi connectivity index (χ0) is 18.9. The van der Waals surface area contributed by atoms with Gasteiger partial charge in [0, 0.05) is 11.6 Å². The minimum atomic E-state index is -4.51. The van der Waals surface area contributed by atoms with Crippen LogP contribution in [0.1, 0.15) is 0 Å². The van der Waals surface area contributed by atoms with Gasteiger partial charge in [-0.3, -0.25) is 4.55 Å². The smallest absolute Gasteiger partial charge is 0.298 e. The summed E-state index contributed by atoms with van der Waals surface area (Å²) < 4.78 is 45.0. The monoisotopic (exact) mass is 394 g/mol. The summed E-state index contributed by atoms with van der Waals surface area (Å²) >= 11 is 6.25. The van der Waals surface area contributed by atoms with Gasteiger partial charge in [0.25, 0.3) is 10.1 Å². The van der Waals surface area contributed by atoms with Crippen molar-refractivity contribution in [1.82, 2.24) is 9.78 Å². The second-order valence-electron chi connectivity index (χ2n) is 5.26. The van der Waals surface area contributed by atoms with Crippen LogP contribution in [-0.4, -0.2) is 37.0 Å². The quantitative estimate of drug-likeness (QED) is 0.666. The van der Waals surface area contributed by atoms with Crippen LogP contribution in [0.4, 0.5) is 0 Å². The molecular weight excluding hydrogens is 380 g/mol. The van der Waals surface area contributed by atoms with Crippen molar-refractivity contribution in [2.24, 2.45) is 0 Å². The maximum absolute atomic E-state index is 11.7. The Bertz CT molecular complexity index is 1060. The van der Waals surface area contributed by atoms with Crippen molar-refractivity contribution in [3.8, 4) is 28.4 Å². The summed E-state index contributed by atoms with van der Waals surface area (Å²) in [7, 11) is -1.76. The van der Waals surface area contributed by atoms with Gasteiger partial charge in [0.15, 0.2) is 0 Å². The lowest BCUT2D eigenvalue weighted by Crippen LogP contribution is -2.05. The highest BCUT2D eigenvalue weighted by Crippen LogP contribution is 2.39. The first-order chi connectivity index (χ1) is 12.4. The number of nitrogens with zero attached hydrogens (tertiary/aromatic N) is 2. The number of rotatable bonds is 5. The first kappa shape index (κ1) is 18.2. The fourth-order valence-corrected chi connectivity index (χ4v) is 3.47. The summed E-state index contributed by atoms with van der Waals surface area (Å²) in [4.78, 5) is -0.372. The molecule has 0 aliphatic rings. The normalized spacial score (nSPS) is 11.4. The van der Waals surface area contributed by atoms with E-state index in [1.165, 1.54) is 26.4 Å². The van der Waals surface area contributed by atoms with Gasteiger partial charge >= 0.3 is 0 Å². The van der Waals surface area contributed by atoms with E-state index >= 15 is 0 Å². The van der Waals surface area contributed by atoms with Crippen LogP contribution < -0.4 is 9.47 Å². The van der Waals surface area contributed by atoms with Gasteiger partial charge in [-0.2, -0.15) is 13.5 Å². The molecule has 136 valence electrons. The molecule has 1 aromatic heterocycles. The lowest BCUT2D eigenvalue weighted by molar-refractivity contribution is 0.383. The fourth-order valence-electron chi connectivity index (χ4n) is 2.59. The van der Waals surface area contributed by atoms with E-state index in [0.717, 1.165) is 0 Å². The Hall–Kier alpha value is -2.55. The van der Waals surface area contributed by atoms with Crippen LogP contribution in [0.5, 0.6) is 11.5 Å². The van der Waals surface area contributed by atoms with Gasteiger partial charge in [0.2, 0.25) is 0 Å². The minimum Gasteiger partial charge on any atom is -0.496 e. The van der Waals surface area contributed by atoms with Crippen molar-refractivity contribution >= 4 is 21.7 Å². The van der Waals surface area contributed by atoms with E-state index in [4.69, 9.17) is 21.1 Å². The third kappa shape index (κ3) is 3.26. The predicted molar refractivity (Wildman–Crippen MR) is 96.9 cm³/mol. The van der Waals surface area contributed by atoms with Crippen molar-refractivity contribution in [3.05, 3.63) is 53.7 Å². The number of benzene rings is 2. The van der Waals surface area contributed by atoms with Crippen molar-refractivity contribution in [3.63, 3.8) is 0 Å². The minimum absolute atomic E-state index is 0.0306. The molecule has 2 aromatic carbocycles. The Morgan fingerprint density at radius 1 is 1.08 bits per heavy atom. The van der Waals surface area contributed by atoms with E-state index in [9.17, 15) is 13.0 Å². The maximum Gasteiger partial charge on any atom is 0.298 e. The Morgan fingerprint density at radius 3 is 2.38 bits per heavy atom. The maximum atomic E-state index is 11.7. The average Bonchev–Trinajstić information content (AvgIpc) is 3.09. The Labute approximate surface area is 155 Å². The number of hydrogen-bond acceptors (Lipinski definition) is 5. The third-order valence-corrected chi connectivity index (χ3v) is 4.96. The van der Waals surface area contributed by atoms with Crippen molar-refractivity contribution in [2.45, 2.75) is 4.90 Å². The summed E-state index contributed by atoms with van der Waals surface area (Å²) in [6, 6.07) is 11.4. The van der Waals surface area contributed by atoms with E-state index < -0.39 is 10.1 Å². The number of hydrogen-bond donors (Lipinski definition) is 1. The molecule has 3 aromatic rings. The molecule has 0 atom stereocenters. The molecule has 0 bridgehead atoms. The molecule has 0 aliphatic carbocycles. The molecule has 0 amide bonds. The lowest BCUT2D eigenvalue weighted by atomic mass is 10.1. The van der Waals surface area contributed by atoms with Gasteiger partial charge in [-0.15, -0.1) is 0 Å². The SMILES string of the molecule is COc1cc(OC)c(S(=O)(=O)O)cc1-c1ccnn1-c1ccccc1Cl. The van der Waals surface area contributed by atoms with Gasteiger partial charge in [-0.1, -0.05) is 23.7 Å². The Morgan fingerprint density at radius 2 is 1.77 bits per heavy atom.